The molecule has 0 bridgehead atoms. The van der Waals surface area contributed by atoms with E-state index in [9.17, 15) is 9.59 Å². The lowest BCUT2D eigenvalue weighted by atomic mass is 10.3. The molecule has 1 unspecified atom stereocenters. The highest BCUT2D eigenvalue weighted by molar-refractivity contribution is 8.33. The number of rotatable bonds is 5. The molecule has 1 fully saturated rings. The first-order valence-corrected chi connectivity index (χ1v) is 6.65. The number of thiocarbonyl (C=S) groups is 1. The topological polar surface area (TPSA) is 77.0 Å². The van der Waals surface area contributed by atoms with Gasteiger partial charge in [0, 0.05) is 0 Å². The van der Waals surface area contributed by atoms with Crippen LogP contribution in [0.2, 0.25) is 0 Å². The van der Waals surface area contributed by atoms with Crippen molar-refractivity contribution >= 4 is 45.3 Å². The summed E-state index contributed by atoms with van der Waals surface area (Å²) in [5.41, 5.74) is 0. The Morgan fingerprint density at radius 2 is 2.06 bits per heavy atom. The molecule has 0 amide bonds. The van der Waals surface area contributed by atoms with E-state index in [0.717, 1.165) is 11.8 Å². The monoisotopic (exact) mass is 290 g/mol. The summed E-state index contributed by atoms with van der Waals surface area (Å²) in [7, 11) is 0. The van der Waals surface area contributed by atoms with Gasteiger partial charge in [0.1, 0.15) is 15.9 Å². The first kappa shape index (κ1) is 14.9. The van der Waals surface area contributed by atoms with Crippen LogP contribution in [-0.4, -0.2) is 47.1 Å². The molecule has 0 saturated carbocycles. The van der Waals surface area contributed by atoms with Gasteiger partial charge in [-0.1, -0.05) is 12.2 Å². The number of nitrogens with zero attached hydrogens (tertiary/aromatic N) is 1. The van der Waals surface area contributed by atoms with Crippen LogP contribution in [0, 0.1) is 0 Å². The van der Waals surface area contributed by atoms with Crippen molar-refractivity contribution in [3.63, 3.8) is 0 Å². The third-order valence-electron chi connectivity index (χ3n) is 1.90. The number of hydrogen-bond donors (Lipinski definition) is 1. The molecule has 1 atom stereocenters. The summed E-state index contributed by atoms with van der Waals surface area (Å²) in [6.45, 7) is 3.88. The average molecular weight is 290 g/mol. The second-order valence-electron chi connectivity index (χ2n) is 3.18. The molecule has 100 valence electrons. The van der Waals surface area contributed by atoms with E-state index >= 15 is 0 Å². The van der Waals surface area contributed by atoms with Crippen molar-refractivity contribution in [1.82, 2.24) is 5.32 Å². The minimum Gasteiger partial charge on any atom is -0.465 e. The van der Waals surface area contributed by atoms with E-state index in [4.69, 9.17) is 21.7 Å². The normalized spacial score (nSPS) is 20.7. The van der Waals surface area contributed by atoms with Crippen molar-refractivity contribution in [2.45, 2.75) is 19.9 Å². The van der Waals surface area contributed by atoms with Crippen molar-refractivity contribution in [3.8, 4) is 0 Å². The lowest BCUT2D eigenvalue weighted by Gasteiger charge is -2.09. The standard InChI is InChI=1S/C10H14N2O4S2/c1-3-15-6(13)5-11-8-7(9(14)16-4-2)12-10(17)18-8/h7H,3-5H2,1-2H3,(H,12,17). The molecular weight excluding hydrogens is 276 g/mol. The lowest BCUT2D eigenvalue weighted by Crippen LogP contribution is -2.38. The minimum absolute atomic E-state index is 0.129. The molecule has 1 saturated heterocycles. The molecule has 1 aliphatic heterocycles. The molecule has 6 nitrogen and oxygen atoms in total. The van der Waals surface area contributed by atoms with E-state index in [1.165, 1.54) is 0 Å². The number of nitrogens with one attached hydrogen (secondary N) is 1. The average Bonchev–Trinajstić information content (AvgIpc) is 2.69. The van der Waals surface area contributed by atoms with Crippen LogP contribution in [0.1, 0.15) is 13.8 Å². The number of thioether (sulfide) groups is 1. The van der Waals surface area contributed by atoms with Crippen molar-refractivity contribution in [2.24, 2.45) is 4.99 Å². The summed E-state index contributed by atoms with van der Waals surface area (Å²) in [6.07, 6.45) is 0. The van der Waals surface area contributed by atoms with Gasteiger partial charge in [-0.05, 0) is 25.6 Å². The highest BCUT2D eigenvalue weighted by Crippen LogP contribution is 2.19. The summed E-state index contributed by atoms with van der Waals surface area (Å²) in [6, 6.07) is -0.711. The Morgan fingerprint density at radius 3 is 2.67 bits per heavy atom. The summed E-state index contributed by atoms with van der Waals surface area (Å²) >= 11 is 6.10. The molecule has 1 rings (SSSR count). The third-order valence-corrected chi connectivity index (χ3v) is 3.14. The number of hydrogen-bond acceptors (Lipinski definition) is 7. The summed E-state index contributed by atoms with van der Waals surface area (Å²) < 4.78 is 10.1. The Balaban J connectivity index is 2.66. The molecule has 0 aliphatic carbocycles. The van der Waals surface area contributed by atoms with Crippen LogP contribution in [0.4, 0.5) is 0 Å². The van der Waals surface area contributed by atoms with Gasteiger partial charge in [0.15, 0.2) is 6.04 Å². The largest absolute Gasteiger partial charge is 0.465 e. The number of carbonyl (C=O) groups is 2. The van der Waals surface area contributed by atoms with Gasteiger partial charge in [-0.3, -0.25) is 9.79 Å². The molecule has 0 radical (unpaired) electrons. The highest BCUT2D eigenvalue weighted by Gasteiger charge is 2.34. The van der Waals surface area contributed by atoms with Gasteiger partial charge in [-0.25, -0.2) is 4.79 Å². The Kier molecular flexibility index (Phi) is 6.06. The Hall–Kier alpha value is -1.15. The van der Waals surface area contributed by atoms with Gasteiger partial charge >= 0.3 is 11.9 Å². The van der Waals surface area contributed by atoms with Crippen molar-refractivity contribution in [3.05, 3.63) is 0 Å². The van der Waals surface area contributed by atoms with Crippen LogP contribution >= 0.6 is 24.0 Å². The smallest absolute Gasteiger partial charge is 0.335 e. The van der Waals surface area contributed by atoms with E-state index in [-0.39, 0.29) is 13.2 Å². The zero-order valence-electron chi connectivity index (χ0n) is 10.1. The maximum Gasteiger partial charge on any atom is 0.335 e. The van der Waals surface area contributed by atoms with Crippen molar-refractivity contribution < 1.29 is 19.1 Å². The number of aliphatic imine (C=N–C) groups is 1. The zero-order valence-corrected chi connectivity index (χ0v) is 11.7. The fraction of sp³-hybridized carbons (Fsp3) is 0.600. The molecule has 8 heteroatoms. The van der Waals surface area contributed by atoms with Crippen LogP contribution in [0.5, 0.6) is 0 Å². The molecule has 1 heterocycles. The first-order valence-electron chi connectivity index (χ1n) is 5.43. The highest BCUT2D eigenvalue weighted by atomic mass is 32.2. The Bertz CT molecular complexity index is 384. The predicted octanol–water partition coefficient (Wildman–Crippen LogP) is 0.501. The maximum absolute atomic E-state index is 11.6. The maximum atomic E-state index is 11.6. The van der Waals surface area contributed by atoms with Gasteiger partial charge in [0.05, 0.1) is 13.2 Å². The van der Waals surface area contributed by atoms with E-state index in [0.29, 0.717) is 16.0 Å². The predicted molar refractivity (Wildman–Crippen MR) is 72.7 cm³/mol. The summed E-state index contributed by atoms with van der Waals surface area (Å²) in [5.74, 6) is -0.890. The van der Waals surface area contributed by atoms with Crippen molar-refractivity contribution in [2.75, 3.05) is 19.8 Å². The molecular formula is C10H14N2O4S2. The van der Waals surface area contributed by atoms with Crippen molar-refractivity contribution in [1.29, 1.82) is 0 Å². The molecule has 1 N–H and O–H groups in total. The lowest BCUT2D eigenvalue weighted by molar-refractivity contribution is -0.143. The molecule has 0 aromatic carbocycles. The SMILES string of the molecule is CCOC(=O)CN=C1SC(=S)NC1C(=O)OCC. The number of ether oxygens (including phenoxy) is 2. The Morgan fingerprint density at radius 1 is 1.39 bits per heavy atom. The van der Waals surface area contributed by atoms with Crippen LogP contribution in [-0.2, 0) is 19.1 Å². The molecule has 0 spiro atoms. The number of carbonyl (C=O) groups excluding carboxylic acids is 2. The van der Waals surface area contributed by atoms with E-state index < -0.39 is 18.0 Å². The van der Waals surface area contributed by atoms with Gasteiger partial charge in [0.25, 0.3) is 0 Å². The summed E-state index contributed by atoms with van der Waals surface area (Å²) in [4.78, 5) is 26.8. The summed E-state index contributed by atoms with van der Waals surface area (Å²) in [5, 5.41) is 3.22. The first-order chi connectivity index (χ1) is 8.58. The second-order valence-corrected chi connectivity index (χ2v) is 4.88. The number of esters is 2. The van der Waals surface area contributed by atoms with Gasteiger partial charge in [0.2, 0.25) is 0 Å². The van der Waals surface area contributed by atoms with E-state index in [1.54, 1.807) is 13.8 Å². The minimum atomic E-state index is -0.711. The van der Waals surface area contributed by atoms with E-state index in [2.05, 4.69) is 10.3 Å². The molecule has 1 aliphatic rings. The molecule has 0 aromatic heterocycles. The second kappa shape index (κ2) is 7.32. The van der Waals surface area contributed by atoms with Crippen LogP contribution < -0.4 is 5.32 Å². The fourth-order valence-corrected chi connectivity index (χ4v) is 2.36. The quantitative estimate of drug-likeness (QED) is 0.583. The van der Waals surface area contributed by atoms with Crippen LogP contribution in [0.15, 0.2) is 4.99 Å². The van der Waals surface area contributed by atoms with Gasteiger partial charge in [-0.15, -0.1) is 0 Å². The molecule has 0 aromatic rings. The van der Waals surface area contributed by atoms with Crippen LogP contribution in [0.25, 0.3) is 0 Å². The third kappa shape index (κ3) is 4.26. The van der Waals surface area contributed by atoms with Gasteiger partial charge in [-0.2, -0.15) is 0 Å². The van der Waals surface area contributed by atoms with E-state index in [1.807, 2.05) is 0 Å². The van der Waals surface area contributed by atoms with Gasteiger partial charge < -0.3 is 14.8 Å². The van der Waals surface area contributed by atoms with Crippen LogP contribution in [0.3, 0.4) is 0 Å². The Labute approximate surface area is 114 Å². The fourth-order valence-electron chi connectivity index (χ4n) is 1.22. The zero-order chi connectivity index (χ0) is 13.5. The molecule has 18 heavy (non-hydrogen) atoms.